The van der Waals surface area contributed by atoms with Crippen LogP contribution in [0.3, 0.4) is 0 Å². The lowest BCUT2D eigenvalue weighted by Crippen LogP contribution is -2.18. The molecule has 1 aromatic rings. The molecule has 0 aliphatic rings. The smallest absolute Gasteiger partial charge is 0.188 e. The van der Waals surface area contributed by atoms with Crippen LogP contribution in [0.5, 0.6) is 0 Å². The average molecular weight is 284 g/mol. The molecule has 1 rings (SSSR count). The number of ether oxygens (including phenoxy) is 1. The molecule has 0 bridgehead atoms. The van der Waals surface area contributed by atoms with Crippen molar-refractivity contribution >= 4 is 11.8 Å². The van der Waals surface area contributed by atoms with E-state index in [4.69, 9.17) is 4.74 Å². The molecule has 0 aliphatic carbocycles. The average Bonchev–Trinajstić information content (AvgIpc) is 2.38. The monoisotopic (exact) mass is 284 g/mol. The maximum absolute atomic E-state index is 9.80. The van der Waals surface area contributed by atoms with Crippen molar-refractivity contribution in [2.24, 2.45) is 0 Å². The third kappa shape index (κ3) is 5.89. The summed E-state index contributed by atoms with van der Waals surface area (Å²) in [6.45, 7) is 9.22. The Labute approximate surface area is 120 Å². The second-order valence-electron chi connectivity index (χ2n) is 4.70. The first-order chi connectivity index (χ1) is 9.04. The molecule has 19 heavy (non-hydrogen) atoms. The number of hydrogen-bond acceptors (Lipinski definition) is 5. The topological polar surface area (TPSA) is 55.2 Å². The van der Waals surface area contributed by atoms with Crippen LogP contribution in [-0.4, -0.2) is 40.1 Å². The molecule has 0 amide bonds. The molecule has 4 nitrogen and oxygen atoms in total. The van der Waals surface area contributed by atoms with E-state index in [1.54, 1.807) is 0 Å². The van der Waals surface area contributed by atoms with Gasteiger partial charge in [-0.2, -0.15) is 0 Å². The minimum absolute atomic E-state index is 0.386. The molecule has 0 saturated heterocycles. The number of aliphatic hydroxyl groups excluding tert-OH is 1. The summed E-state index contributed by atoms with van der Waals surface area (Å²) >= 11 is 1.48. The van der Waals surface area contributed by atoms with Gasteiger partial charge in [-0.15, -0.1) is 0 Å². The first kappa shape index (κ1) is 16.4. The summed E-state index contributed by atoms with van der Waals surface area (Å²) in [4.78, 5) is 8.83. The lowest BCUT2D eigenvalue weighted by molar-refractivity contribution is 0.0473. The molecule has 5 heteroatoms. The van der Waals surface area contributed by atoms with E-state index in [0.29, 0.717) is 12.4 Å². The fraction of sp³-hybridized carbons (Fsp3) is 0.714. The predicted molar refractivity (Wildman–Crippen MR) is 78.7 cm³/mol. The Morgan fingerprint density at radius 3 is 2.42 bits per heavy atom. The molecule has 1 unspecified atom stereocenters. The van der Waals surface area contributed by atoms with Gasteiger partial charge >= 0.3 is 0 Å². The standard InChI is InChI=1S/C14H24N2O2S/c1-5-6-7-18-8-13(17)9-19-14-15-11(3)10(2)12(4)16-14/h13,17H,5-9H2,1-4H3. The molecule has 0 fully saturated rings. The van der Waals surface area contributed by atoms with E-state index in [-0.39, 0.29) is 0 Å². The van der Waals surface area contributed by atoms with E-state index >= 15 is 0 Å². The van der Waals surface area contributed by atoms with Crippen molar-refractivity contribution in [3.05, 3.63) is 17.0 Å². The van der Waals surface area contributed by atoms with Crippen LogP contribution < -0.4 is 0 Å². The van der Waals surface area contributed by atoms with Gasteiger partial charge in [-0.1, -0.05) is 25.1 Å². The first-order valence-corrected chi connectivity index (χ1v) is 7.73. The normalized spacial score (nSPS) is 12.7. The maximum atomic E-state index is 9.80. The van der Waals surface area contributed by atoms with Crippen molar-refractivity contribution in [3.63, 3.8) is 0 Å². The van der Waals surface area contributed by atoms with Gasteiger partial charge in [0.1, 0.15) is 0 Å². The summed E-state index contributed by atoms with van der Waals surface area (Å²) in [6.07, 6.45) is 1.69. The van der Waals surface area contributed by atoms with Gasteiger partial charge in [0.05, 0.1) is 12.7 Å². The number of aliphatic hydroxyl groups is 1. The molecule has 108 valence electrons. The number of unbranched alkanes of at least 4 members (excludes halogenated alkanes) is 1. The number of hydrogen-bond donors (Lipinski definition) is 1. The van der Waals surface area contributed by atoms with Crippen molar-refractivity contribution in [2.45, 2.75) is 51.8 Å². The third-order valence-electron chi connectivity index (χ3n) is 2.97. The fourth-order valence-electron chi connectivity index (χ4n) is 1.49. The highest BCUT2D eigenvalue weighted by Gasteiger charge is 2.09. The minimum atomic E-state index is -0.465. The SMILES string of the molecule is CCCCOCC(O)CSc1nc(C)c(C)c(C)n1. The molecule has 1 aromatic heterocycles. The Morgan fingerprint density at radius 2 is 1.84 bits per heavy atom. The number of nitrogens with zero attached hydrogens (tertiary/aromatic N) is 2. The molecule has 1 atom stereocenters. The van der Waals surface area contributed by atoms with Crippen molar-refractivity contribution in [2.75, 3.05) is 19.0 Å². The predicted octanol–water partition coefficient (Wildman–Crippen LogP) is 2.67. The quantitative estimate of drug-likeness (QED) is 0.452. The Kier molecular flexibility index (Phi) is 7.34. The van der Waals surface area contributed by atoms with Gasteiger partial charge in [-0.25, -0.2) is 9.97 Å². The minimum Gasteiger partial charge on any atom is -0.390 e. The van der Waals surface area contributed by atoms with Gasteiger partial charge in [0.25, 0.3) is 0 Å². The number of thioether (sulfide) groups is 1. The lowest BCUT2D eigenvalue weighted by Gasteiger charge is -2.11. The zero-order chi connectivity index (χ0) is 14.3. The van der Waals surface area contributed by atoms with Crippen LogP contribution in [0.1, 0.15) is 36.7 Å². The Hall–Kier alpha value is -0.650. The Balaban J connectivity index is 2.36. The Bertz CT molecular complexity index is 376. The molecule has 1 N–H and O–H groups in total. The fourth-order valence-corrected chi connectivity index (χ4v) is 2.33. The van der Waals surface area contributed by atoms with E-state index in [2.05, 4.69) is 16.9 Å². The molecule has 0 aliphatic heterocycles. The second kappa shape index (κ2) is 8.51. The van der Waals surface area contributed by atoms with E-state index in [1.807, 2.05) is 20.8 Å². The van der Waals surface area contributed by atoms with Gasteiger partial charge in [0.2, 0.25) is 0 Å². The van der Waals surface area contributed by atoms with Gasteiger partial charge < -0.3 is 9.84 Å². The first-order valence-electron chi connectivity index (χ1n) is 6.75. The van der Waals surface area contributed by atoms with Crippen LogP contribution >= 0.6 is 11.8 Å². The Morgan fingerprint density at radius 1 is 1.21 bits per heavy atom. The highest BCUT2D eigenvalue weighted by molar-refractivity contribution is 7.99. The summed E-state index contributed by atoms with van der Waals surface area (Å²) < 4.78 is 5.39. The maximum Gasteiger partial charge on any atom is 0.188 e. The number of aromatic nitrogens is 2. The van der Waals surface area contributed by atoms with Crippen LogP contribution in [0.25, 0.3) is 0 Å². The molecule has 0 aromatic carbocycles. The van der Waals surface area contributed by atoms with Crippen molar-refractivity contribution in [1.29, 1.82) is 0 Å². The molecule has 0 saturated carbocycles. The van der Waals surface area contributed by atoms with Crippen molar-refractivity contribution < 1.29 is 9.84 Å². The van der Waals surface area contributed by atoms with E-state index in [9.17, 15) is 5.11 Å². The van der Waals surface area contributed by atoms with Crippen LogP contribution in [0.4, 0.5) is 0 Å². The van der Waals surface area contributed by atoms with Gasteiger partial charge in [0.15, 0.2) is 5.16 Å². The van der Waals surface area contributed by atoms with Gasteiger partial charge in [-0.05, 0) is 32.8 Å². The second-order valence-corrected chi connectivity index (χ2v) is 5.68. The van der Waals surface area contributed by atoms with Gasteiger partial charge in [0, 0.05) is 23.7 Å². The molecule has 0 spiro atoms. The summed E-state index contributed by atoms with van der Waals surface area (Å²) in [5, 5.41) is 10.5. The zero-order valence-electron chi connectivity index (χ0n) is 12.3. The van der Waals surface area contributed by atoms with Gasteiger partial charge in [-0.3, -0.25) is 0 Å². The van der Waals surface area contributed by atoms with Crippen LogP contribution in [0, 0.1) is 20.8 Å². The molecular formula is C14H24N2O2S. The van der Waals surface area contributed by atoms with Crippen molar-refractivity contribution in [3.8, 4) is 0 Å². The summed E-state index contributed by atoms with van der Waals surface area (Å²) in [7, 11) is 0. The zero-order valence-corrected chi connectivity index (χ0v) is 13.1. The molecule has 0 radical (unpaired) electrons. The van der Waals surface area contributed by atoms with E-state index in [1.165, 1.54) is 11.8 Å². The summed E-state index contributed by atoms with van der Waals surface area (Å²) in [5.41, 5.74) is 3.14. The lowest BCUT2D eigenvalue weighted by atomic mass is 10.2. The highest BCUT2D eigenvalue weighted by atomic mass is 32.2. The van der Waals surface area contributed by atoms with Crippen molar-refractivity contribution in [1.82, 2.24) is 9.97 Å². The molecule has 1 heterocycles. The third-order valence-corrected chi connectivity index (χ3v) is 3.96. The largest absolute Gasteiger partial charge is 0.390 e. The van der Waals surface area contributed by atoms with Crippen LogP contribution in [-0.2, 0) is 4.74 Å². The van der Waals surface area contributed by atoms with Crippen LogP contribution in [0.15, 0.2) is 5.16 Å². The summed E-state index contributed by atoms with van der Waals surface area (Å²) in [5.74, 6) is 0.564. The highest BCUT2D eigenvalue weighted by Crippen LogP contribution is 2.17. The number of rotatable bonds is 8. The van der Waals surface area contributed by atoms with E-state index < -0.39 is 6.10 Å². The van der Waals surface area contributed by atoms with E-state index in [0.717, 1.165) is 41.6 Å². The summed E-state index contributed by atoms with van der Waals surface area (Å²) in [6, 6.07) is 0. The molecular weight excluding hydrogens is 260 g/mol. The number of aryl methyl sites for hydroxylation is 2. The van der Waals surface area contributed by atoms with Crippen LogP contribution in [0.2, 0.25) is 0 Å².